The number of carbonyl (C=O) groups is 3. The van der Waals surface area contributed by atoms with Crippen molar-refractivity contribution >= 4 is 17.7 Å². The highest BCUT2D eigenvalue weighted by atomic mass is 19.1. The molecule has 2 aliphatic heterocycles. The largest absolute Gasteiger partial charge is 0.488 e. The van der Waals surface area contributed by atoms with E-state index in [9.17, 15) is 23.2 Å². The molecule has 0 aliphatic carbocycles. The quantitative estimate of drug-likeness (QED) is 0.615. The second-order valence-electron chi connectivity index (χ2n) is 8.52. The van der Waals surface area contributed by atoms with Crippen molar-refractivity contribution in [3.05, 3.63) is 64.2 Å². The van der Waals surface area contributed by atoms with Crippen molar-refractivity contribution < 1.29 is 32.6 Å². The SMILES string of the molecule is CCC(=O)NC(=O)CN1Cc2c(OCc3ccc(CN4CCOCC4)cc3F)cc(F)cc2C1=O. The van der Waals surface area contributed by atoms with Gasteiger partial charge in [-0.1, -0.05) is 19.1 Å². The summed E-state index contributed by atoms with van der Waals surface area (Å²) in [7, 11) is 0. The van der Waals surface area contributed by atoms with Crippen LogP contribution in [0.1, 0.15) is 40.4 Å². The summed E-state index contributed by atoms with van der Waals surface area (Å²) >= 11 is 0. The number of imide groups is 1. The monoisotopic (exact) mass is 487 g/mol. The highest BCUT2D eigenvalue weighted by molar-refractivity contribution is 6.03. The summed E-state index contributed by atoms with van der Waals surface area (Å²) in [6.07, 6.45) is 0.133. The summed E-state index contributed by atoms with van der Waals surface area (Å²) < 4.78 is 40.0. The first-order chi connectivity index (χ1) is 16.8. The standard InChI is InChI=1S/C25H27F2N3O5/c1-2-23(31)28-24(32)14-30-13-20-19(25(30)33)10-18(26)11-22(20)35-15-17-4-3-16(9-21(17)27)12-29-5-7-34-8-6-29/h3-4,9-11H,2,5-8,12-15H2,1H3,(H,28,31,32). The molecule has 0 aromatic heterocycles. The number of nitrogens with one attached hydrogen (secondary N) is 1. The molecule has 2 aliphatic rings. The molecule has 8 nitrogen and oxygen atoms in total. The molecule has 0 spiro atoms. The van der Waals surface area contributed by atoms with Gasteiger partial charge in [0.25, 0.3) is 5.91 Å². The van der Waals surface area contributed by atoms with E-state index in [0.717, 1.165) is 30.8 Å². The van der Waals surface area contributed by atoms with E-state index < -0.39 is 29.4 Å². The lowest BCUT2D eigenvalue weighted by molar-refractivity contribution is -0.130. The van der Waals surface area contributed by atoms with Crippen molar-refractivity contribution in [3.63, 3.8) is 0 Å². The molecule has 2 aromatic rings. The van der Waals surface area contributed by atoms with E-state index in [1.165, 1.54) is 11.0 Å². The molecule has 0 saturated carbocycles. The zero-order valence-corrected chi connectivity index (χ0v) is 19.4. The summed E-state index contributed by atoms with van der Waals surface area (Å²) in [5.74, 6) is -2.62. The number of amides is 3. The van der Waals surface area contributed by atoms with Gasteiger partial charge in [-0.15, -0.1) is 0 Å². The third-order valence-electron chi connectivity index (χ3n) is 5.99. The van der Waals surface area contributed by atoms with E-state index in [0.29, 0.717) is 30.9 Å². The Hall–Kier alpha value is -3.37. The van der Waals surface area contributed by atoms with Crippen molar-refractivity contribution in [3.8, 4) is 5.75 Å². The Kier molecular flexibility index (Phi) is 7.72. The van der Waals surface area contributed by atoms with Gasteiger partial charge in [0, 0.05) is 43.2 Å². The molecule has 3 amide bonds. The lowest BCUT2D eigenvalue weighted by atomic mass is 10.1. The van der Waals surface area contributed by atoms with Crippen LogP contribution in [0.3, 0.4) is 0 Å². The number of hydrogen-bond donors (Lipinski definition) is 1. The second-order valence-corrected chi connectivity index (χ2v) is 8.52. The fourth-order valence-corrected chi connectivity index (χ4v) is 4.09. The molecule has 2 heterocycles. The fraction of sp³-hybridized carbons (Fsp3) is 0.400. The first-order valence-electron chi connectivity index (χ1n) is 11.5. The minimum Gasteiger partial charge on any atom is -0.488 e. The third-order valence-corrected chi connectivity index (χ3v) is 5.99. The van der Waals surface area contributed by atoms with Crippen LogP contribution >= 0.6 is 0 Å². The molecular weight excluding hydrogens is 460 g/mol. The van der Waals surface area contributed by atoms with E-state index in [1.54, 1.807) is 13.0 Å². The molecule has 1 fully saturated rings. The predicted octanol–water partition coefficient (Wildman–Crippen LogP) is 2.38. The second kappa shape index (κ2) is 10.9. The Morgan fingerprint density at radius 2 is 1.89 bits per heavy atom. The van der Waals surface area contributed by atoms with Crippen LogP contribution in [-0.2, 0) is 34.0 Å². The van der Waals surface area contributed by atoms with E-state index in [1.807, 2.05) is 6.07 Å². The molecule has 1 saturated heterocycles. The lowest BCUT2D eigenvalue weighted by Gasteiger charge is -2.26. The average Bonchev–Trinajstić information content (AvgIpc) is 3.14. The topological polar surface area (TPSA) is 88.2 Å². The first kappa shape index (κ1) is 24.7. The van der Waals surface area contributed by atoms with Gasteiger partial charge >= 0.3 is 0 Å². The fourth-order valence-electron chi connectivity index (χ4n) is 4.09. The molecule has 0 unspecified atom stereocenters. The number of halogens is 2. The normalized spacial score (nSPS) is 15.7. The summed E-state index contributed by atoms with van der Waals surface area (Å²) in [5.41, 5.74) is 1.62. The third kappa shape index (κ3) is 6.01. The van der Waals surface area contributed by atoms with E-state index in [2.05, 4.69) is 10.2 Å². The van der Waals surface area contributed by atoms with E-state index in [4.69, 9.17) is 9.47 Å². The van der Waals surface area contributed by atoms with Crippen molar-refractivity contribution in [1.82, 2.24) is 15.1 Å². The Labute approximate surface area is 201 Å². The molecule has 0 radical (unpaired) electrons. The minimum absolute atomic E-state index is 0.0124. The van der Waals surface area contributed by atoms with E-state index in [-0.39, 0.29) is 37.4 Å². The number of morpholine rings is 1. The number of benzene rings is 2. The number of nitrogens with zero attached hydrogens (tertiary/aromatic N) is 2. The number of ether oxygens (including phenoxy) is 2. The van der Waals surface area contributed by atoms with Crippen LogP contribution in [0.2, 0.25) is 0 Å². The summed E-state index contributed by atoms with van der Waals surface area (Å²) in [5, 5.41) is 2.18. The van der Waals surface area contributed by atoms with Gasteiger partial charge in [0.1, 0.15) is 30.5 Å². The molecule has 4 rings (SSSR count). The number of carbonyl (C=O) groups excluding carboxylic acids is 3. The zero-order chi connectivity index (χ0) is 24.9. The molecule has 0 atom stereocenters. The predicted molar refractivity (Wildman–Crippen MR) is 121 cm³/mol. The van der Waals surface area contributed by atoms with Crippen molar-refractivity contribution in [1.29, 1.82) is 0 Å². The average molecular weight is 488 g/mol. The Balaban J connectivity index is 1.42. The molecule has 35 heavy (non-hydrogen) atoms. The highest BCUT2D eigenvalue weighted by Crippen LogP contribution is 2.33. The smallest absolute Gasteiger partial charge is 0.255 e. The van der Waals surface area contributed by atoms with Crippen LogP contribution in [0, 0.1) is 11.6 Å². The maximum absolute atomic E-state index is 14.7. The van der Waals surface area contributed by atoms with Crippen molar-refractivity contribution in [2.24, 2.45) is 0 Å². The van der Waals surface area contributed by atoms with Crippen LogP contribution in [0.25, 0.3) is 0 Å². The van der Waals surface area contributed by atoms with Gasteiger partial charge in [0.2, 0.25) is 11.8 Å². The van der Waals surface area contributed by atoms with Crippen molar-refractivity contribution in [2.75, 3.05) is 32.8 Å². The first-order valence-corrected chi connectivity index (χ1v) is 11.5. The van der Waals surface area contributed by atoms with Crippen LogP contribution in [0.4, 0.5) is 8.78 Å². The highest BCUT2D eigenvalue weighted by Gasteiger charge is 2.32. The number of fused-ring (bicyclic) bond motifs is 1. The van der Waals surface area contributed by atoms with Crippen LogP contribution < -0.4 is 10.1 Å². The molecule has 1 N–H and O–H groups in total. The summed E-state index contributed by atoms with van der Waals surface area (Å²) in [6.45, 7) is 4.65. The number of hydrogen-bond acceptors (Lipinski definition) is 6. The van der Waals surface area contributed by atoms with Crippen LogP contribution in [0.5, 0.6) is 5.75 Å². The minimum atomic E-state index is -0.680. The molecule has 186 valence electrons. The van der Waals surface area contributed by atoms with Gasteiger partial charge in [0.15, 0.2) is 0 Å². The molecular formula is C25H27F2N3O5. The zero-order valence-electron chi connectivity index (χ0n) is 19.4. The maximum atomic E-state index is 14.7. The Bertz CT molecular complexity index is 1130. The van der Waals surface area contributed by atoms with Gasteiger partial charge in [-0.25, -0.2) is 8.78 Å². The molecule has 0 bridgehead atoms. The van der Waals surface area contributed by atoms with Gasteiger partial charge in [-0.3, -0.25) is 24.6 Å². The lowest BCUT2D eigenvalue weighted by Crippen LogP contribution is -2.39. The van der Waals surface area contributed by atoms with Gasteiger partial charge in [0.05, 0.1) is 25.3 Å². The van der Waals surface area contributed by atoms with Gasteiger partial charge < -0.3 is 14.4 Å². The maximum Gasteiger partial charge on any atom is 0.255 e. The van der Waals surface area contributed by atoms with Crippen LogP contribution in [0.15, 0.2) is 30.3 Å². The Morgan fingerprint density at radius 1 is 1.11 bits per heavy atom. The summed E-state index contributed by atoms with van der Waals surface area (Å²) in [4.78, 5) is 39.5. The van der Waals surface area contributed by atoms with Gasteiger partial charge in [-0.05, 0) is 17.7 Å². The summed E-state index contributed by atoms with van der Waals surface area (Å²) in [6, 6.07) is 7.15. The molecule has 2 aromatic carbocycles. The Morgan fingerprint density at radius 3 is 2.60 bits per heavy atom. The van der Waals surface area contributed by atoms with Crippen molar-refractivity contribution in [2.45, 2.75) is 33.0 Å². The molecule has 10 heteroatoms. The number of rotatable bonds is 8. The van der Waals surface area contributed by atoms with Gasteiger partial charge in [-0.2, -0.15) is 0 Å². The van der Waals surface area contributed by atoms with Crippen LogP contribution in [-0.4, -0.2) is 60.4 Å². The van der Waals surface area contributed by atoms with E-state index >= 15 is 0 Å².